The number of hydrogen-bond acceptors (Lipinski definition) is 6. The number of rotatable bonds is 7. The molecular weight excluding hydrogens is 414 g/mol. The van der Waals surface area contributed by atoms with Gasteiger partial charge in [-0.3, -0.25) is 4.79 Å². The average Bonchev–Trinajstić information content (AvgIpc) is 3.30. The summed E-state index contributed by atoms with van der Waals surface area (Å²) in [6.07, 6.45) is 3.36. The monoisotopic (exact) mass is 439 g/mol. The molecule has 0 spiro atoms. The number of para-hydroxylation sites is 1. The Hall–Kier alpha value is -3.84. The van der Waals surface area contributed by atoms with Crippen LogP contribution in [0.15, 0.2) is 67.0 Å². The molecule has 0 radical (unpaired) electrons. The van der Waals surface area contributed by atoms with E-state index in [0.29, 0.717) is 18.7 Å². The standard InChI is InChI=1S/C26H25N5O2/c1-33-16-4-14-27-26(32)20-9-7-18(8-10-20)21-11-12-22-24(30-21)25(29-17-28-22)31-15-13-19-5-2-3-6-23(19)31/h2-3,5-12,17H,4,13-16H2,1H3,(H,27,32). The van der Waals surface area contributed by atoms with E-state index >= 15 is 0 Å². The molecule has 3 heterocycles. The van der Waals surface area contributed by atoms with Crippen molar-refractivity contribution in [1.82, 2.24) is 20.3 Å². The van der Waals surface area contributed by atoms with Crippen LogP contribution >= 0.6 is 0 Å². The van der Waals surface area contributed by atoms with E-state index in [0.717, 1.165) is 47.5 Å². The van der Waals surface area contributed by atoms with Gasteiger partial charge in [0.05, 0.1) is 11.2 Å². The summed E-state index contributed by atoms with van der Waals surface area (Å²) >= 11 is 0. The smallest absolute Gasteiger partial charge is 0.251 e. The van der Waals surface area contributed by atoms with Crippen molar-refractivity contribution in [3.05, 3.63) is 78.1 Å². The fourth-order valence-electron chi connectivity index (χ4n) is 4.16. The highest BCUT2D eigenvalue weighted by molar-refractivity contribution is 5.95. The van der Waals surface area contributed by atoms with E-state index < -0.39 is 0 Å². The number of benzene rings is 2. The van der Waals surface area contributed by atoms with Crippen LogP contribution in [0.3, 0.4) is 0 Å². The lowest BCUT2D eigenvalue weighted by atomic mass is 10.1. The highest BCUT2D eigenvalue weighted by Gasteiger charge is 2.23. The Morgan fingerprint density at radius 2 is 1.91 bits per heavy atom. The molecule has 1 N–H and O–H groups in total. The first-order valence-electron chi connectivity index (χ1n) is 11.1. The molecule has 166 valence electrons. The number of methoxy groups -OCH3 is 1. The van der Waals surface area contributed by atoms with E-state index in [2.05, 4.69) is 44.5 Å². The summed E-state index contributed by atoms with van der Waals surface area (Å²) in [6.45, 7) is 2.08. The minimum absolute atomic E-state index is 0.0903. The van der Waals surface area contributed by atoms with Crippen LogP contribution in [0.5, 0.6) is 0 Å². The Bertz CT molecular complexity index is 1290. The van der Waals surface area contributed by atoms with E-state index in [4.69, 9.17) is 9.72 Å². The van der Waals surface area contributed by atoms with Crippen molar-refractivity contribution in [2.75, 3.05) is 31.7 Å². The van der Waals surface area contributed by atoms with Crippen LogP contribution in [0, 0.1) is 0 Å². The maximum atomic E-state index is 12.3. The molecule has 2 aromatic heterocycles. The molecule has 0 atom stereocenters. The van der Waals surface area contributed by atoms with Crippen molar-refractivity contribution in [3.8, 4) is 11.3 Å². The Balaban J connectivity index is 1.42. The van der Waals surface area contributed by atoms with Crippen LogP contribution in [-0.2, 0) is 11.2 Å². The quantitative estimate of drug-likeness (QED) is 0.436. The topological polar surface area (TPSA) is 80.2 Å². The van der Waals surface area contributed by atoms with Gasteiger partial charge in [-0.1, -0.05) is 30.3 Å². The number of pyridine rings is 1. The maximum absolute atomic E-state index is 12.3. The van der Waals surface area contributed by atoms with Crippen LogP contribution in [0.4, 0.5) is 11.5 Å². The first kappa shape index (κ1) is 21.0. The molecule has 1 amide bonds. The van der Waals surface area contributed by atoms with Crippen LogP contribution in [-0.4, -0.2) is 47.7 Å². The SMILES string of the molecule is COCCCNC(=O)c1ccc(-c2ccc3ncnc(N4CCc5ccccc54)c3n2)cc1. The van der Waals surface area contributed by atoms with Gasteiger partial charge >= 0.3 is 0 Å². The number of fused-ring (bicyclic) bond motifs is 2. The van der Waals surface area contributed by atoms with Gasteiger partial charge in [0.25, 0.3) is 5.91 Å². The first-order chi connectivity index (χ1) is 16.2. The number of aromatic nitrogens is 3. The molecule has 7 heteroatoms. The lowest BCUT2D eigenvalue weighted by Gasteiger charge is -2.19. The Morgan fingerprint density at radius 1 is 1.06 bits per heavy atom. The van der Waals surface area contributed by atoms with Gasteiger partial charge < -0.3 is 15.0 Å². The molecule has 0 aliphatic carbocycles. The predicted octanol–water partition coefficient (Wildman–Crippen LogP) is 4.15. The zero-order valence-electron chi connectivity index (χ0n) is 18.5. The second-order valence-corrected chi connectivity index (χ2v) is 7.97. The number of ether oxygens (including phenoxy) is 1. The van der Waals surface area contributed by atoms with Crippen LogP contribution in [0.2, 0.25) is 0 Å². The highest BCUT2D eigenvalue weighted by Crippen LogP contribution is 2.36. The van der Waals surface area contributed by atoms with Crippen molar-refractivity contribution in [2.45, 2.75) is 12.8 Å². The Labute approximate surface area is 192 Å². The third-order valence-electron chi connectivity index (χ3n) is 5.86. The van der Waals surface area contributed by atoms with Crippen molar-refractivity contribution >= 4 is 28.4 Å². The molecule has 4 aromatic rings. The van der Waals surface area contributed by atoms with Gasteiger partial charge in [0.15, 0.2) is 5.82 Å². The van der Waals surface area contributed by atoms with Gasteiger partial charge in [0, 0.05) is 43.6 Å². The molecule has 1 aliphatic rings. The van der Waals surface area contributed by atoms with Crippen molar-refractivity contribution in [2.24, 2.45) is 0 Å². The lowest BCUT2D eigenvalue weighted by Crippen LogP contribution is -2.25. The van der Waals surface area contributed by atoms with Crippen LogP contribution < -0.4 is 10.2 Å². The summed E-state index contributed by atoms with van der Waals surface area (Å²) in [5.74, 6) is 0.728. The van der Waals surface area contributed by atoms with Crippen molar-refractivity contribution < 1.29 is 9.53 Å². The normalized spacial score (nSPS) is 12.7. The third-order valence-corrected chi connectivity index (χ3v) is 5.86. The number of amides is 1. The predicted molar refractivity (Wildman–Crippen MR) is 129 cm³/mol. The van der Waals surface area contributed by atoms with E-state index in [1.807, 2.05) is 36.4 Å². The third kappa shape index (κ3) is 4.27. The minimum atomic E-state index is -0.0903. The number of nitrogens with zero attached hydrogens (tertiary/aromatic N) is 4. The summed E-state index contributed by atoms with van der Waals surface area (Å²) in [6, 6.07) is 19.8. The average molecular weight is 440 g/mol. The number of carbonyl (C=O) groups excluding carboxylic acids is 1. The summed E-state index contributed by atoms with van der Waals surface area (Å²) in [4.78, 5) is 28.5. The van der Waals surface area contributed by atoms with Crippen molar-refractivity contribution in [3.63, 3.8) is 0 Å². The number of carbonyl (C=O) groups is 1. The minimum Gasteiger partial charge on any atom is -0.385 e. The summed E-state index contributed by atoms with van der Waals surface area (Å²) in [7, 11) is 1.65. The zero-order valence-corrected chi connectivity index (χ0v) is 18.5. The molecule has 0 bridgehead atoms. The highest BCUT2D eigenvalue weighted by atomic mass is 16.5. The summed E-state index contributed by atoms with van der Waals surface area (Å²) < 4.78 is 5.01. The van der Waals surface area contributed by atoms with Crippen LogP contribution in [0.1, 0.15) is 22.3 Å². The largest absolute Gasteiger partial charge is 0.385 e. The van der Waals surface area contributed by atoms with Gasteiger partial charge in [-0.15, -0.1) is 0 Å². The zero-order chi connectivity index (χ0) is 22.6. The molecule has 0 saturated carbocycles. The Kier molecular flexibility index (Phi) is 5.95. The number of nitrogens with one attached hydrogen (secondary N) is 1. The van der Waals surface area contributed by atoms with E-state index in [1.54, 1.807) is 13.4 Å². The second-order valence-electron chi connectivity index (χ2n) is 7.97. The lowest BCUT2D eigenvalue weighted by molar-refractivity contribution is 0.0948. The molecule has 2 aromatic carbocycles. The molecule has 0 unspecified atom stereocenters. The van der Waals surface area contributed by atoms with Gasteiger partial charge in [0.2, 0.25) is 0 Å². The molecule has 0 fully saturated rings. The van der Waals surface area contributed by atoms with E-state index in [-0.39, 0.29) is 5.91 Å². The summed E-state index contributed by atoms with van der Waals surface area (Å²) in [5, 5.41) is 2.91. The fraction of sp³-hybridized carbons (Fsp3) is 0.231. The van der Waals surface area contributed by atoms with Gasteiger partial charge in [-0.05, 0) is 48.7 Å². The molecule has 33 heavy (non-hydrogen) atoms. The molecular formula is C26H25N5O2. The van der Waals surface area contributed by atoms with E-state index in [1.165, 1.54) is 11.3 Å². The molecule has 0 saturated heterocycles. The fourth-order valence-corrected chi connectivity index (χ4v) is 4.16. The van der Waals surface area contributed by atoms with Gasteiger partial charge in [-0.25, -0.2) is 15.0 Å². The summed E-state index contributed by atoms with van der Waals surface area (Å²) in [5.41, 5.74) is 6.44. The molecule has 5 rings (SSSR count). The molecule has 7 nitrogen and oxygen atoms in total. The van der Waals surface area contributed by atoms with Crippen molar-refractivity contribution in [1.29, 1.82) is 0 Å². The number of hydrogen-bond donors (Lipinski definition) is 1. The number of anilines is 2. The van der Waals surface area contributed by atoms with Crippen LogP contribution in [0.25, 0.3) is 22.3 Å². The maximum Gasteiger partial charge on any atom is 0.251 e. The van der Waals surface area contributed by atoms with Gasteiger partial charge in [0.1, 0.15) is 11.8 Å². The Morgan fingerprint density at radius 3 is 2.76 bits per heavy atom. The van der Waals surface area contributed by atoms with Gasteiger partial charge in [-0.2, -0.15) is 0 Å². The second kappa shape index (κ2) is 9.34. The first-order valence-corrected chi connectivity index (χ1v) is 11.1. The van der Waals surface area contributed by atoms with E-state index in [9.17, 15) is 4.79 Å². The molecule has 1 aliphatic heterocycles.